The number of nitrogens with one attached hydrogen (secondary N) is 1. The number of sulfonamides is 1. The van der Waals surface area contributed by atoms with Gasteiger partial charge in [0.25, 0.3) is 10.0 Å². The normalized spacial score (nSPS) is 17.6. The Morgan fingerprint density at radius 2 is 1.64 bits per heavy atom. The molecule has 7 nitrogen and oxygen atoms in total. The van der Waals surface area contributed by atoms with Crippen molar-refractivity contribution in [2.24, 2.45) is 0 Å². The highest BCUT2D eigenvalue weighted by atomic mass is 35.5. The summed E-state index contributed by atoms with van der Waals surface area (Å²) in [5.74, 6) is 0. The van der Waals surface area contributed by atoms with Gasteiger partial charge < -0.3 is 9.80 Å². The molecule has 0 spiro atoms. The number of halogens is 1. The van der Waals surface area contributed by atoms with Crippen LogP contribution in [-0.2, 0) is 23.0 Å². The Balaban J connectivity index is 1.50. The van der Waals surface area contributed by atoms with Gasteiger partial charge in [0, 0.05) is 36.9 Å². The lowest BCUT2D eigenvalue weighted by atomic mass is 9.97. The van der Waals surface area contributed by atoms with Crippen molar-refractivity contribution in [3.63, 3.8) is 0 Å². The van der Waals surface area contributed by atoms with E-state index in [1.165, 1.54) is 17.1 Å². The fourth-order valence-electron chi connectivity index (χ4n) is 4.94. The third-order valence-corrected chi connectivity index (χ3v) is 8.27. The van der Waals surface area contributed by atoms with Crippen molar-refractivity contribution in [1.29, 1.82) is 0 Å². The molecule has 0 bridgehead atoms. The van der Waals surface area contributed by atoms with Gasteiger partial charge in [-0.25, -0.2) is 18.2 Å². The van der Waals surface area contributed by atoms with Crippen molar-refractivity contribution < 1.29 is 13.2 Å². The van der Waals surface area contributed by atoms with Crippen molar-refractivity contribution in [3.8, 4) is 0 Å². The van der Waals surface area contributed by atoms with Crippen LogP contribution in [0, 0.1) is 0 Å². The summed E-state index contributed by atoms with van der Waals surface area (Å²) < 4.78 is 26.6. The van der Waals surface area contributed by atoms with Gasteiger partial charge in [-0.2, -0.15) is 0 Å². The van der Waals surface area contributed by atoms with E-state index >= 15 is 0 Å². The maximum Gasteiger partial charge on any atom is 0.335 e. The van der Waals surface area contributed by atoms with E-state index in [0.29, 0.717) is 37.6 Å². The lowest BCUT2D eigenvalue weighted by Gasteiger charge is -2.42. The van der Waals surface area contributed by atoms with Gasteiger partial charge in [-0.1, -0.05) is 60.1 Å². The first kappa shape index (κ1) is 24.6. The van der Waals surface area contributed by atoms with Gasteiger partial charge in [-0.05, 0) is 60.7 Å². The molecule has 1 fully saturated rings. The van der Waals surface area contributed by atoms with Crippen molar-refractivity contribution in [3.05, 3.63) is 95.0 Å². The molecule has 2 aliphatic rings. The molecule has 5 rings (SSSR count). The van der Waals surface area contributed by atoms with Gasteiger partial charge in [0.1, 0.15) is 0 Å². The average Bonchev–Trinajstić information content (AvgIpc) is 3.43. The van der Waals surface area contributed by atoms with E-state index in [1.54, 1.807) is 23.1 Å². The minimum absolute atomic E-state index is 0.115. The van der Waals surface area contributed by atoms with Gasteiger partial charge in [-0.15, -0.1) is 4.83 Å². The number of anilines is 1. The zero-order valence-electron chi connectivity index (χ0n) is 19.9. The van der Waals surface area contributed by atoms with Crippen LogP contribution in [0.2, 0.25) is 5.02 Å². The summed E-state index contributed by atoms with van der Waals surface area (Å²) in [5.41, 5.74) is 3.15. The Labute approximate surface area is 217 Å². The minimum atomic E-state index is -3.96. The molecule has 9 heteroatoms. The maximum absolute atomic E-state index is 13.7. The van der Waals surface area contributed by atoms with Gasteiger partial charge in [0.2, 0.25) is 0 Å². The highest BCUT2D eigenvalue weighted by Gasteiger charge is 2.37. The van der Waals surface area contributed by atoms with Crippen molar-refractivity contribution >= 4 is 33.3 Å². The first-order valence-electron chi connectivity index (χ1n) is 12.1. The predicted molar refractivity (Wildman–Crippen MR) is 141 cm³/mol. The standard InChI is InChI=1S/C27H29ClN4O3S/c28-23-13-14-26-22(17-23)18-24(20-31(26)19-21-9-3-1-4-10-21)32(27(33)30-15-7-8-16-30)29-36(34,35)25-11-5-2-6-12-25/h1-6,9-14,17,24,29H,7-8,15-16,18-20H2. The number of rotatable bonds is 6. The molecule has 188 valence electrons. The Morgan fingerprint density at radius 3 is 2.33 bits per heavy atom. The van der Waals surface area contributed by atoms with Crippen LogP contribution < -0.4 is 9.73 Å². The molecule has 0 aliphatic carbocycles. The molecule has 1 unspecified atom stereocenters. The Bertz CT molecular complexity index is 1320. The van der Waals surface area contributed by atoms with E-state index in [-0.39, 0.29) is 10.9 Å². The summed E-state index contributed by atoms with van der Waals surface area (Å²) >= 11 is 6.35. The first-order chi connectivity index (χ1) is 17.4. The van der Waals surface area contributed by atoms with E-state index < -0.39 is 16.1 Å². The van der Waals surface area contributed by atoms with Crippen LogP contribution >= 0.6 is 11.6 Å². The van der Waals surface area contributed by atoms with Crippen molar-refractivity contribution in [2.45, 2.75) is 36.7 Å². The SMILES string of the molecule is O=C(N1CCCC1)N(NS(=O)(=O)c1ccccc1)C1Cc2cc(Cl)ccc2N(Cc2ccccc2)C1. The summed E-state index contributed by atoms with van der Waals surface area (Å²) in [6.45, 7) is 2.33. The highest BCUT2D eigenvalue weighted by Crippen LogP contribution is 2.33. The van der Waals surface area contributed by atoms with E-state index in [1.807, 2.05) is 36.4 Å². The Kier molecular flexibility index (Phi) is 7.18. The van der Waals surface area contributed by atoms with E-state index in [9.17, 15) is 13.2 Å². The minimum Gasteiger partial charge on any atom is -0.365 e. The fraction of sp³-hybridized carbons (Fsp3) is 0.296. The third kappa shape index (κ3) is 5.36. The number of carbonyl (C=O) groups is 1. The lowest BCUT2D eigenvalue weighted by Crippen LogP contribution is -2.60. The fourth-order valence-corrected chi connectivity index (χ4v) is 6.24. The molecule has 3 aromatic rings. The topological polar surface area (TPSA) is 73.0 Å². The number of nitrogens with zero attached hydrogens (tertiary/aromatic N) is 3. The molecule has 1 atom stereocenters. The number of urea groups is 1. The third-order valence-electron chi connectivity index (χ3n) is 6.71. The monoisotopic (exact) mass is 524 g/mol. The van der Waals surface area contributed by atoms with Gasteiger partial charge in [0.15, 0.2) is 0 Å². The van der Waals surface area contributed by atoms with Crippen LogP contribution in [0.1, 0.15) is 24.0 Å². The molecule has 2 amide bonds. The highest BCUT2D eigenvalue weighted by molar-refractivity contribution is 7.89. The quantitative estimate of drug-likeness (QED) is 0.475. The van der Waals surface area contributed by atoms with E-state index in [0.717, 1.165) is 29.7 Å². The largest absolute Gasteiger partial charge is 0.365 e. The smallest absolute Gasteiger partial charge is 0.335 e. The molecule has 0 saturated carbocycles. The molecular formula is C27H29ClN4O3S. The van der Waals surface area contributed by atoms with E-state index in [4.69, 9.17) is 11.6 Å². The number of hydrazine groups is 1. The second kappa shape index (κ2) is 10.5. The van der Waals surface area contributed by atoms with Gasteiger partial charge >= 0.3 is 6.03 Å². The second-order valence-corrected chi connectivity index (χ2v) is 11.3. The summed E-state index contributed by atoms with van der Waals surface area (Å²) in [4.78, 5) is 20.3. The lowest BCUT2D eigenvalue weighted by molar-refractivity contribution is 0.128. The number of benzene rings is 3. The molecular weight excluding hydrogens is 496 g/mol. The number of amides is 2. The van der Waals surface area contributed by atoms with Crippen LogP contribution in [0.15, 0.2) is 83.8 Å². The molecule has 2 heterocycles. The zero-order chi connectivity index (χ0) is 25.1. The number of hydrogen-bond donors (Lipinski definition) is 1. The van der Waals surface area contributed by atoms with Crippen LogP contribution in [0.25, 0.3) is 0 Å². The van der Waals surface area contributed by atoms with E-state index in [2.05, 4.69) is 21.9 Å². The first-order valence-corrected chi connectivity index (χ1v) is 14.0. The molecule has 2 aliphatic heterocycles. The molecule has 1 saturated heterocycles. The average molecular weight is 525 g/mol. The summed E-state index contributed by atoms with van der Waals surface area (Å²) in [6, 6.07) is 23.3. The predicted octanol–water partition coefficient (Wildman–Crippen LogP) is 4.68. The van der Waals surface area contributed by atoms with Crippen LogP contribution in [-0.4, -0.2) is 50.0 Å². The van der Waals surface area contributed by atoms with Crippen molar-refractivity contribution in [2.75, 3.05) is 24.5 Å². The maximum atomic E-state index is 13.7. The molecule has 0 radical (unpaired) electrons. The number of carbonyl (C=O) groups excluding carboxylic acids is 1. The molecule has 36 heavy (non-hydrogen) atoms. The molecule has 3 aromatic carbocycles. The molecule has 0 aromatic heterocycles. The Morgan fingerprint density at radius 1 is 0.972 bits per heavy atom. The van der Waals surface area contributed by atoms with Crippen molar-refractivity contribution in [1.82, 2.24) is 14.7 Å². The van der Waals surface area contributed by atoms with Gasteiger partial charge in [0.05, 0.1) is 10.9 Å². The van der Waals surface area contributed by atoms with Crippen LogP contribution in [0.5, 0.6) is 0 Å². The summed E-state index contributed by atoms with van der Waals surface area (Å²) in [5, 5.41) is 1.94. The number of fused-ring (bicyclic) bond motifs is 1. The second-order valence-electron chi connectivity index (χ2n) is 9.25. The summed E-state index contributed by atoms with van der Waals surface area (Å²) in [6.07, 6.45) is 2.31. The Hall–Kier alpha value is -3.07. The molecule has 1 N–H and O–H groups in total. The number of hydrogen-bond acceptors (Lipinski definition) is 4. The summed E-state index contributed by atoms with van der Waals surface area (Å²) in [7, 11) is -3.96. The zero-order valence-corrected chi connectivity index (χ0v) is 21.5. The van der Waals surface area contributed by atoms with Crippen LogP contribution in [0.4, 0.5) is 10.5 Å². The van der Waals surface area contributed by atoms with Gasteiger partial charge in [-0.3, -0.25) is 0 Å². The number of likely N-dealkylation sites (tertiary alicyclic amines) is 1. The van der Waals surface area contributed by atoms with Crippen LogP contribution in [0.3, 0.4) is 0 Å².